The number of fused-ring (bicyclic) bond motifs is 1. The lowest BCUT2D eigenvalue weighted by Crippen LogP contribution is -2.44. The predicted octanol–water partition coefficient (Wildman–Crippen LogP) is 3.32. The van der Waals surface area contributed by atoms with Crippen molar-refractivity contribution in [3.05, 3.63) is 40.9 Å². The zero-order valence-corrected chi connectivity index (χ0v) is 16.8. The number of carbonyl (C=O) groups is 3. The van der Waals surface area contributed by atoms with Gasteiger partial charge in [0, 0.05) is 35.8 Å². The number of benzene rings is 1. The maximum absolute atomic E-state index is 12.8. The number of nitrogens with zero attached hydrogens (tertiary/aromatic N) is 3. The molecule has 148 valence electrons. The van der Waals surface area contributed by atoms with Crippen molar-refractivity contribution in [1.29, 1.82) is 0 Å². The van der Waals surface area contributed by atoms with Crippen LogP contribution < -0.4 is 0 Å². The monoisotopic (exact) mass is 407 g/mol. The molecule has 3 heterocycles. The largest absolute Gasteiger partial charge is 0.341 e. The van der Waals surface area contributed by atoms with Gasteiger partial charge >= 0.3 is 0 Å². The van der Waals surface area contributed by atoms with E-state index in [1.807, 2.05) is 35.0 Å². The second kappa shape index (κ2) is 8.18. The van der Waals surface area contributed by atoms with Crippen LogP contribution in [0.4, 0.5) is 4.79 Å². The molecule has 29 heavy (non-hydrogen) atoms. The Labute approximate surface area is 173 Å². The summed E-state index contributed by atoms with van der Waals surface area (Å²) in [6.45, 7) is 1.61. The minimum absolute atomic E-state index is 0.168. The molecule has 1 aromatic carbocycles. The van der Waals surface area contributed by atoms with E-state index in [2.05, 4.69) is 5.92 Å². The number of aromatic nitrogens is 1. The average Bonchev–Trinajstić information content (AvgIpc) is 3.21. The van der Waals surface area contributed by atoms with Crippen LogP contribution in [-0.4, -0.2) is 51.1 Å². The average molecular weight is 407 g/mol. The topological polar surface area (TPSA) is 62.6 Å². The minimum Gasteiger partial charge on any atom is -0.341 e. The van der Waals surface area contributed by atoms with E-state index in [1.165, 1.54) is 0 Å². The van der Waals surface area contributed by atoms with Crippen LogP contribution in [0.25, 0.3) is 17.0 Å². The fourth-order valence-corrected chi connectivity index (χ4v) is 4.60. The molecular weight excluding hydrogens is 386 g/mol. The molecule has 4 rings (SSSR count). The molecule has 0 radical (unpaired) electrons. The van der Waals surface area contributed by atoms with Crippen LogP contribution in [0.1, 0.15) is 24.8 Å². The predicted molar refractivity (Wildman–Crippen MR) is 114 cm³/mol. The third-order valence-corrected chi connectivity index (χ3v) is 6.15. The van der Waals surface area contributed by atoms with Gasteiger partial charge in [-0.3, -0.25) is 19.3 Å². The molecule has 2 aliphatic rings. The van der Waals surface area contributed by atoms with Crippen molar-refractivity contribution < 1.29 is 14.4 Å². The molecule has 2 fully saturated rings. The van der Waals surface area contributed by atoms with Crippen molar-refractivity contribution in [2.24, 2.45) is 0 Å². The summed E-state index contributed by atoms with van der Waals surface area (Å²) in [5, 5.41) is 0.554. The van der Waals surface area contributed by atoms with Gasteiger partial charge in [0.05, 0.1) is 11.4 Å². The summed E-state index contributed by atoms with van der Waals surface area (Å²) < 4.78 is 1.94. The molecule has 7 heteroatoms. The second-order valence-electron chi connectivity index (χ2n) is 7.14. The van der Waals surface area contributed by atoms with Crippen molar-refractivity contribution in [2.75, 3.05) is 19.6 Å². The Kier molecular flexibility index (Phi) is 5.45. The normalized spacial score (nSPS) is 18.7. The zero-order valence-electron chi connectivity index (χ0n) is 16.0. The Morgan fingerprint density at radius 3 is 2.69 bits per heavy atom. The Hall–Kier alpha value is -2.98. The van der Waals surface area contributed by atoms with Gasteiger partial charge in [-0.15, -0.1) is 6.42 Å². The summed E-state index contributed by atoms with van der Waals surface area (Å²) >= 11 is 0.875. The number of terminal acetylenes is 1. The second-order valence-corrected chi connectivity index (χ2v) is 8.14. The number of piperidine rings is 1. The summed E-state index contributed by atoms with van der Waals surface area (Å²) in [7, 11) is 0. The number of para-hydroxylation sites is 1. The van der Waals surface area contributed by atoms with Gasteiger partial charge in [0.2, 0.25) is 5.91 Å². The van der Waals surface area contributed by atoms with Crippen LogP contribution in [0.15, 0.2) is 35.4 Å². The lowest BCUT2D eigenvalue weighted by molar-refractivity contribution is -0.136. The number of hydrogen-bond acceptors (Lipinski definition) is 4. The zero-order chi connectivity index (χ0) is 20.4. The molecular formula is C22H21N3O3S. The van der Waals surface area contributed by atoms with Crippen molar-refractivity contribution in [2.45, 2.75) is 25.8 Å². The fourth-order valence-electron chi connectivity index (χ4n) is 3.78. The molecule has 3 amide bonds. The van der Waals surface area contributed by atoms with E-state index >= 15 is 0 Å². The first-order valence-corrected chi connectivity index (χ1v) is 10.4. The Morgan fingerprint density at radius 1 is 1.17 bits per heavy atom. The molecule has 2 aliphatic heterocycles. The number of amides is 3. The van der Waals surface area contributed by atoms with E-state index in [1.54, 1.807) is 11.0 Å². The Balaban J connectivity index is 1.57. The maximum Gasteiger partial charge on any atom is 0.294 e. The number of carbonyl (C=O) groups excluding carboxylic acids is 3. The van der Waals surface area contributed by atoms with E-state index in [4.69, 9.17) is 6.42 Å². The van der Waals surface area contributed by atoms with Gasteiger partial charge in [0.15, 0.2) is 0 Å². The lowest BCUT2D eigenvalue weighted by atomic mass is 10.1. The summed E-state index contributed by atoms with van der Waals surface area (Å²) in [6, 6.07) is 7.77. The number of rotatable bonds is 4. The molecule has 0 bridgehead atoms. The highest BCUT2D eigenvalue weighted by molar-refractivity contribution is 8.18. The third-order valence-electron chi connectivity index (χ3n) is 5.24. The standard InChI is InChI=1S/C22H21N3O3S/c1-2-10-24-14-16(17-8-4-5-9-18(17)24)13-19-21(27)25(22(28)29-19)15-20(26)23-11-6-3-7-12-23/h1,4-5,8-9,13-14H,3,6-7,10-12,15H2. The van der Waals surface area contributed by atoms with E-state index in [-0.39, 0.29) is 12.5 Å². The van der Waals surface area contributed by atoms with Gasteiger partial charge in [-0.05, 0) is 43.2 Å². The Morgan fingerprint density at radius 2 is 1.93 bits per heavy atom. The van der Waals surface area contributed by atoms with Crippen LogP contribution in [0.3, 0.4) is 0 Å². The van der Waals surface area contributed by atoms with Crippen molar-refractivity contribution in [1.82, 2.24) is 14.4 Å². The van der Waals surface area contributed by atoms with Crippen LogP contribution in [-0.2, 0) is 16.1 Å². The number of imide groups is 1. The molecule has 0 saturated carbocycles. The van der Waals surface area contributed by atoms with Gasteiger partial charge in [-0.1, -0.05) is 24.1 Å². The van der Waals surface area contributed by atoms with Crippen molar-refractivity contribution >= 4 is 45.8 Å². The summed E-state index contributed by atoms with van der Waals surface area (Å²) in [6.07, 6.45) is 12.1. The van der Waals surface area contributed by atoms with Crippen molar-refractivity contribution in [3.63, 3.8) is 0 Å². The van der Waals surface area contributed by atoms with E-state index in [0.717, 1.165) is 52.4 Å². The summed E-state index contributed by atoms with van der Waals surface area (Å²) in [4.78, 5) is 40.8. The molecule has 2 saturated heterocycles. The molecule has 6 nitrogen and oxygen atoms in total. The first kappa shape index (κ1) is 19.3. The lowest BCUT2D eigenvalue weighted by Gasteiger charge is -2.27. The third kappa shape index (κ3) is 3.81. The van der Waals surface area contributed by atoms with Crippen LogP contribution in [0, 0.1) is 12.3 Å². The van der Waals surface area contributed by atoms with Crippen LogP contribution in [0.5, 0.6) is 0 Å². The highest BCUT2D eigenvalue weighted by atomic mass is 32.2. The first-order chi connectivity index (χ1) is 14.1. The molecule has 0 atom stereocenters. The molecule has 0 aliphatic carbocycles. The highest BCUT2D eigenvalue weighted by Gasteiger charge is 2.37. The minimum atomic E-state index is -0.417. The molecule has 0 N–H and O–H groups in total. The maximum atomic E-state index is 12.8. The number of hydrogen-bond donors (Lipinski definition) is 0. The van der Waals surface area contributed by atoms with Gasteiger partial charge in [0.25, 0.3) is 11.1 Å². The van der Waals surface area contributed by atoms with E-state index in [0.29, 0.717) is 24.5 Å². The Bertz CT molecular complexity index is 1060. The van der Waals surface area contributed by atoms with E-state index in [9.17, 15) is 14.4 Å². The molecule has 0 spiro atoms. The van der Waals surface area contributed by atoms with Gasteiger partial charge < -0.3 is 9.47 Å². The smallest absolute Gasteiger partial charge is 0.294 e. The molecule has 1 aromatic heterocycles. The molecule has 2 aromatic rings. The fraction of sp³-hybridized carbons (Fsp3) is 0.318. The van der Waals surface area contributed by atoms with Gasteiger partial charge in [0.1, 0.15) is 6.54 Å². The van der Waals surface area contributed by atoms with Crippen molar-refractivity contribution in [3.8, 4) is 12.3 Å². The van der Waals surface area contributed by atoms with Crippen LogP contribution in [0.2, 0.25) is 0 Å². The van der Waals surface area contributed by atoms with E-state index < -0.39 is 11.1 Å². The SMILES string of the molecule is C#CCn1cc(C=C2SC(=O)N(CC(=O)N3CCCCC3)C2=O)c2ccccc21. The van der Waals surface area contributed by atoms with Gasteiger partial charge in [-0.25, -0.2) is 0 Å². The quantitative estimate of drug-likeness (QED) is 0.576. The summed E-state index contributed by atoms with van der Waals surface area (Å²) in [5.74, 6) is 2.04. The highest BCUT2D eigenvalue weighted by Crippen LogP contribution is 2.34. The van der Waals surface area contributed by atoms with Crippen LogP contribution >= 0.6 is 11.8 Å². The first-order valence-electron chi connectivity index (χ1n) is 9.63. The van der Waals surface area contributed by atoms with Gasteiger partial charge in [-0.2, -0.15) is 0 Å². The number of likely N-dealkylation sites (tertiary alicyclic amines) is 1. The molecule has 0 unspecified atom stereocenters. The summed E-state index contributed by atoms with van der Waals surface area (Å²) in [5.41, 5.74) is 1.79. The number of thioether (sulfide) groups is 1.